The fraction of sp³-hybridized carbons (Fsp3) is 0.600. The molecule has 0 bridgehead atoms. The van der Waals surface area contributed by atoms with Crippen molar-refractivity contribution < 1.29 is 10.2 Å². The maximum Gasteiger partial charge on any atom is 0.115 e. The third-order valence-electron chi connectivity index (χ3n) is 4.07. The van der Waals surface area contributed by atoms with Gasteiger partial charge in [0.2, 0.25) is 0 Å². The first kappa shape index (κ1) is 12.4. The summed E-state index contributed by atoms with van der Waals surface area (Å²) in [5.74, 6) is 1.60. The molecule has 1 atom stereocenters. The Labute approximate surface area is 103 Å². The summed E-state index contributed by atoms with van der Waals surface area (Å²) in [6.07, 6.45) is 5.19. The summed E-state index contributed by atoms with van der Waals surface area (Å²) in [5, 5.41) is 18.9. The fourth-order valence-electron chi connectivity index (χ4n) is 3.07. The summed E-state index contributed by atoms with van der Waals surface area (Å²) in [4.78, 5) is 0. The van der Waals surface area contributed by atoms with Crippen LogP contribution in [0, 0.1) is 5.92 Å². The van der Waals surface area contributed by atoms with Gasteiger partial charge in [-0.3, -0.25) is 0 Å². The number of aromatic hydroxyl groups is 1. The maximum atomic E-state index is 9.56. The highest BCUT2D eigenvalue weighted by molar-refractivity contribution is 5.28. The zero-order chi connectivity index (χ0) is 12.3. The Balaban J connectivity index is 2.08. The number of phenolic OH excluding ortho intramolecular Hbond substituents is 1. The molecule has 0 radical (unpaired) electrons. The van der Waals surface area contributed by atoms with Crippen LogP contribution in [-0.4, -0.2) is 16.3 Å². The molecular formula is C15H22O2. The van der Waals surface area contributed by atoms with Crippen molar-refractivity contribution in [2.45, 2.75) is 51.0 Å². The lowest BCUT2D eigenvalue weighted by molar-refractivity contribution is 0.101. The molecule has 1 aliphatic rings. The van der Waals surface area contributed by atoms with Crippen LogP contribution >= 0.6 is 0 Å². The second-order valence-electron chi connectivity index (χ2n) is 5.17. The molecule has 2 N–H and O–H groups in total. The third kappa shape index (κ3) is 3.01. The molecule has 1 fully saturated rings. The number of benzene rings is 1. The minimum Gasteiger partial charge on any atom is -0.508 e. The van der Waals surface area contributed by atoms with E-state index in [1.165, 1.54) is 5.56 Å². The van der Waals surface area contributed by atoms with Gasteiger partial charge in [-0.05, 0) is 61.6 Å². The molecule has 0 amide bonds. The molecular weight excluding hydrogens is 212 g/mol. The van der Waals surface area contributed by atoms with E-state index in [0.29, 0.717) is 17.6 Å². The van der Waals surface area contributed by atoms with Crippen molar-refractivity contribution in [3.8, 4) is 5.75 Å². The number of hydrogen-bond donors (Lipinski definition) is 2. The van der Waals surface area contributed by atoms with Gasteiger partial charge < -0.3 is 10.2 Å². The lowest BCUT2D eigenvalue weighted by atomic mass is 9.75. The van der Waals surface area contributed by atoms with Crippen LogP contribution in [0.1, 0.15) is 50.5 Å². The average Bonchev–Trinajstić information content (AvgIpc) is 2.35. The van der Waals surface area contributed by atoms with Gasteiger partial charge in [0.15, 0.2) is 0 Å². The fourth-order valence-corrected chi connectivity index (χ4v) is 3.07. The smallest absolute Gasteiger partial charge is 0.115 e. The number of aliphatic hydroxyl groups is 1. The van der Waals surface area contributed by atoms with Crippen molar-refractivity contribution in [2.75, 3.05) is 0 Å². The number of rotatable bonds is 3. The van der Waals surface area contributed by atoms with Crippen molar-refractivity contribution in [1.82, 2.24) is 0 Å². The highest BCUT2D eigenvalue weighted by atomic mass is 16.3. The molecule has 1 saturated carbocycles. The molecule has 2 heteroatoms. The summed E-state index contributed by atoms with van der Waals surface area (Å²) >= 11 is 0. The molecule has 17 heavy (non-hydrogen) atoms. The van der Waals surface area contributed by atoms with Crippen LogP contribution in [0.2, 0.25) is 0 Å². The van der Waals surface area contributed by atoms with Crippen molar-refractivity contribution in [3.63, 3.8) is 0 Å². The predicted octanol–water partition coefficient (Wildman–Crippen LogP) is 3.44. The Kier molecular flexibility index (Phi) is 4.06. The first-order valence-corrected chi connectivity index (χ1v) is 6.67. The van der Waals surface area contributed by atoms with Gasteiger partial charge >= 0.3 is 0 Å². The zero-order valence-electron chi connectivity index (χ0n) is 10.5. The van der Waals surface area contributed by atoms with E-state index in [4.69, 9.17) is 0 Å². The van der Waals surface area contributed by atoms with Crippen LogP contribution in [0.15, 0.2) is 24.3 Å². The Morgan fingerprint density at radius 3 is 2.24 bits per heavy atom. The van der Waals surface area contributed by atoms with Crippen LogP contribution in [0.3, 0.4) is 0 Å². The Hall–Kier alpha value is -1.02. The minimum absolute atomic E-state index is 0.0800. The van der Waals surface area contributed by atoms with Gasteiger partial charge in [0.05, 0.1) is 6.10 Å². The van der Waals surface area contributed by atoms with Crippen LogP contribution in [0.5, 0.6) is 5.75 Å². The molecule has 2 rings (SSSR count). The average molecular weight is 234 g/mol. The SMILES string of the molecule is CCC(c1ccc(O)cc1)C1CCC(O)CC1. The van der Waals surface area contributed by atoms with Gasteiger partial charge in [-0.15, -0.1) is 0 Å². The Morgan fingerprint density at radius 2 is 1.71 bits per heavy atom. The standard InChI is InChI=1S/C15H22O2/c1-2-15(11-3-7-13(16)8-4-11)12-5-9-14(17)10-6-12/h3-4,7-8,12,14-17H,2,5-6,9-10H2,1H3. The van der Waals surface area contributed by atoms with E-state index in [9.17, 15) is 10.2 Å². The summed E-state index contributed by atoms with van der Waals surface area (Å²) in [6.45, 7) is 2.22. The van der Waals surface area contributed by atoms with Gasteiger partial charge in [0, 0.05) is 0 Å². The molecule has 94 valence electrons. The molecule has 1 unspecified atom stereocenters. The van der Waals surface area contributed by atoms with Gasteiger partial charge in [0.25, 0.3) is 0 Å². The molecule has 0 aromatic heterocycles. The first-order chi connectivity index (χ1) is 8.20. The number of phenols is 1. The zero-order valence-corrected chi connectivity index (χ0v) is 10.5. The van der Waals surface area contributed by atoms with Gasteiger partial charge in [0.1, 0.15) is 5.75 Å². The summed E-state index contributed by atoms with van der Waals surface area (Å²) in [6, 6.07) is 7.62. The quantitative estimate of drug-likeness (QED) is 0.841. The topological polar surface area (TPSA) is 40.5 Å². The second-order valence-corrected chi connectivity index (χ2v) is 5.17. The summed E-state index contributed by atoms with van der Waals surface area (Å²) < 4.78 is 0. The molecule has 0 heterocycles. The predicted molar refractivity (Wildman–Crippen MR) is 69.1 cm³/mol. The van der Waals surface area contributed by atoms with Crippen molar-refractivity contribution >= 4 is 0 Å². The van der Waals surface area contributed by atoms with Gasteiger partial charge in [-0.25, -0.2) is 0 Å². The minimum atomic E-state index is -0.0800. The summed E-state index contributed by atoms with van der Waals surface area (Å²) in [7, 11) is 0. The second kappa shape index (κ2) is 5.54. The van der Waals surface area contributed by atoms with E-state index in [1.54, 1.807) is 12.1 Å². The van der Waals surface area contributed by atoms with Crippen LogP contribution in [0.25, 0.3) is 0 Å². The monoisotopic (exact) mass is 234 g/mol. The summed E-state index contributed by atoms with van der Waals surface area (Å²) in [5.41, 5.74) is 1.33. The van der Waals surface area contributed by atoms with Crippen LogP contribution in [-0.2, 0) is 0 Å². The molecule has 1 aromatic carbocycles. The van der Waals surface area contributed by atoms with Gasteiger partial charge in [-0.1, -0.05) is 19.1 Å². The van der Waals surface area contributed by atoms with Crippen LogP contribution in [0.4, 0.5) is 0 Å². The maximum absolute atomic E-state index is 9.56. The molecule has 0 saturated heterocycles. The lowest BCUT2D eigenvalue weighted by Crippen LogP contribution is -2.22. The van der Waals surface area contributed by atoms with E-state index in [0.717, 1.165) is 32.1 Å². The molecule has 1 aromatic rings. The van der Waals surface area contributed by atoms with Crippen molar-refractivity contribution in [1.29, 1.82) is 0 Å². The van der Waals surface area contributed by atoms with E-state index in [1.807, 2.05) is 12.1 Å². The highest BCUT2D eigenvalue weighted by Crippen LogP contribution is 2.38. The first-order valence-electron chi connectivity index (χ1n) is 6.67. The van der Waals surface area contributed by atoms with E-state index >= 15 is 0 Å². The van der Waals surface area contributed by atoms with Crippen LogP contribution < -0.4 is 0 Å². The van der Waals surface area contributed by atoms with E-state index in [2.05, 4.69) is 6.92 Å². The molecule has 2 nitrogen and oxygen atoms in total. The molecule has 1 aliphatic carbocycles. The number of aliphatic hydroxyl groups excluding tert-OH is 1. The van der Waals surface area contributed by atoms with Crippen molar-refractivity contribution in [3.05, 3.63) is 29.8 Å². The normalized spacial score (nSPS) is 26.7. The number of hydrogen-bond acceptors (Lipinski definition) is 2. The molecule has 0 spiro atoms. The lowest BCUT2D eigenvalue weighted by Gasteiger charge is -2.32. The van der Waals surface area contributed by atoms with E-state index in [-0.39, 0.29) is 6.10 Å². The molecule has 0 aliphatic heterocycles. The third-order valence-corrected chi connectivity index (χ3v) is 4.07. The van der Waals surface area contributed by atoms with Gasteiger partial charge in [-0.2, -0.15) is 0 Å². The largest absolute Gasteiger partial charge is 0.508 e. The Morgan fingerprint density at radius 1 is 1.12 bits per heavy atom. The Bertz CT molecular complexity index is 336. The van der Waals surface area contributed by atoms with Crippen molar-refractivity contribution in [2.24, 2.45) is 5.92 Å². The van der Waals surface area contributed by atoms with E-state index < -0.39 is 0 Å². The highest BCUT2D eigenvalue weighted by Gasteiger charge is 2.26.